The number of piperidine rings is 1. The van der Waals surface area contributed by atoms with Crippen LogP contribution in [0, 0.1) is 12.8 Å². The summed E-state index contributed by atoms with van der Waals surface area (Å²) in [5.74, 6) is 0.0671. The monoisotopic (exact) mass is 345 g/mol. The Morgan fingerprint density at radius 2 is 2.23 bits per heavy atom. The lowest BCUT2D eigenvalue weighted by atomic mass is 10.00. The molecule has 1 unspecified atom stereocenters. The summed E-state index contributed by atoms with van der Waals surface area (Å²) in [6, 6.07) is 0. The summed E-state index contributed by atoms with van der Waals surface area (Å²) in [6.07, 6.45) is 3.84. The standard InChI is InChI=1S/C14H23N3O3S2/c1-4-12-16-10(2)13(21-12)14(18)15-8-11-6-5-7-17(9-11)22(3,19)20/h11H,4-9H2,1-3H3,(H,15,18). The lowest BCUT2D eigenvalue weighted by Crippen LogP contribution is -2.43. The molecule has 8 heteroatoms. The quantitative estimate of drug-likeness (QED) is 0.875. The Labute approximate surface area is 136 Å². The van der Waals surface area contributed by atoms with E-state index in [9.17, 15) is 13.2 Å². The Morgan fingerprint density at radius 3 is 2.82 bits per heavy atom. The Morgan fingerprint density at radius 1 is 1.50 bits per heavy atom. The van der Waals surface area contributed by atoms with Gasteiger partial charge in [-0.2, -0.15) is 0 Å². The molecule has 1 atom stereocenters. The lowest BCUT2D eigenvalue weighted by Gasteiger charge is -2.30. The van der Waals surface area contributed by atoms with Gasteiger partial charge in [0.15, 0.2) is 0 Å². The largest absolute Gasteiger partial charge is 0.351 e. The average molecular weight is 345 g/mol. The number of carbonyl (C=O) groups is 1. The number of aryl methyl sites for hydroxylation is 2. The molecule has 0 aliphatic carbocycles. The maximum absolute atomic E-state index is 12.2. The molecule has 0 bridgehead atoms. The van der Waals surface area contributed by atoms with Gasteiger partial charge in [0.25, 0.3) is 5.91 Å². The summed E-state index contributed by atoms with van der Waals surface area (Å²) < 4.78 is 24.7. The third kappa shape index (κ3) is 4.27. The van der Waals surface area contributed by atoms with Gasteiger partial charge >= 0.3 is 0 Å². The predicted molar refractivity (Wildman–Crippen MR) is 87.7 cm³/mol. The van der Waals surface area contributed by atoms with Crippen molar-refractivity contribution in [3.63, 3.8) is 0 Å². The van der Waals surface area contributed by atoms with E-state index in [4.69, 9.17) is 0 Å². The molecule has 1 saturated heterocycles. The van der Waals surface area contributed by atoms with Crippen LogP contribution >= 0.6 is 11.3 Å². The molecule has 1 aliphatic heterocycles. The average Bonchev–Trinajstić information content (AvgIpc) is 2.85. The second-order valence-corrected chi connectivity index (χ2v) is 8.78. The molecule has 0 radical (unpaired) electrons. The molecule has 22 heavy (non-hydrogen) atoms. The van der Waals surface area contributed by atoms with Crippen molar-refractivity contribution in [2.45, 2.75) is 33.1 Å². The third-order valence-electron chi connectivity index (χ3n) is 3.85. The molecule has 0 spiro atoms. The van der Waals surface area contributed by atoms with Crippen LogP contribution in [0.15, 0.2) is 0 Å². The Balaban J connectivity index is 1.92. The van der Waals surface area contributed by atoms with E-state index in [1.54, 1.807) is 0 Å². The van der Waals surface area contributed by atoms with E-state index in [-0.39, 0.29) is 11.8 Å². The van der Waals surface area contributed by atoms with Crippen molar-refractivity contribution in [1.29, 1.82) is 0 Å². The highest BCUT2D eigenvalue weighted by atomic mass is 32.2. The van der Waals surface area contributed by atoms with Gasteiger partial charge in [0.2, 0.25) is 10.0 Å². The minimum Gasteiger partial charge on any atom is -0.351 e. The smallest absolute Gasteiger partial charge is 0.263 e. The molecule has 2 heterocycles. The molecule has 2 rings (SSSR count). The Hall–Kier alpha value is -0.990. The lowest BCUT2D eigenvalue weighted by molar-refractivity contribution is 0.0945. The first-order chi connectivity index (χ1) is 10.3. The zero-order chi connectivity index (χ0) is 16.3. The Kier molecular flexibility index (Phi) is 5.57. The van der Waals surface area contributed by atoms with Gasteiger partial charge in [-0.15, -0.1) is 11.3 Å². The van der Waals surface area contributed by atoms with Gasteiger partial charge < -0.3 is 5.32 Å². The molecule has 1 N–H and O–H groups in total. The van der Waals surface area contributed by atoms with Crippen LogP contribution in [0.4, 0.5) is 0 Å². The summed E-state index contributed by atoms with van der Waals surface area (Å²) in [5, 5.41) is 3.89. The molecule has 1 fully saturated rings. The fourth-order valence-corrected chi connectivity index (χ4v) is 4.49. The highest BCUT2D eigenvalue weighted by molar-refractivity contribution is 7.88. The second kappa shape index (κ2) is 7.06. The van der Waals surface area contributed by atoms with Crippen molar-refractivity contribution >= 4 is 27.3 Å². The Bertz CT molecular complexity index is 640. The summed E-state index contributed by atoms with van der Waals surface area (Å²) in [5.41, 5.74) is 0.765. The topological polar surface area (TPSA) is 79.4 Å². The van der Waals surface area contributed by atoms with Crippen molar-refractivity contribution in [1.82, 2.24) is 14.6 Å². The van der Waals surface area contributed by atoms with E-state index in [1.165, 1.54) is 21.9 Å². The second-order valence-electron chi connectivity index (χ2n) is 5.71. The highest BCUT2D eigenvalue weighted by Crippen LogP contribution is 2.20. The summed E-state index contributed by atoms with van der Waals surface area (Å²) >= 11 is 1.43. The van der Waals surface area contributed by atoms with Gasteiger partial charge in [-0.25, -0.2) is 17.7 Å². The SMILES string of the molecule is CCc1nc(C)c(C(=O)NCC2CCCN(S(C)(=O)=O)C2)s1. The van der Waals surface area contributed by atoms with Gasteiger partial charge in [-0.1, -0.05) is 6.92 Å². The fourth-order valence-electron chi connectivity index (χ4n) is 2.63. The molecule has 0 aromatic carbocycles. The number of aromatic nitrogens is 1. The number of hydrogen-bond acceptors (Lipinski definition) is 5. The van der Waals surface area contributed by atoms with Crippen LogP contribution in [0.3, 0.4) is 0 Å². The molecule has 1 aliphatic rings. The highest BCUT2D eigenvalue weighted by Gasteiger charge is 2.26. The summed E-state index contributed by atoms with van der Waals surface area (Å²) in [6.45, 7) is 5.43. The van der Waals surface area contributed by atoms with Crippen LogP contribution in [0.1, 0.15) is 40.1 Å². The third-order valence-corrected chi connectivity index (χ3v) is 6.42. The minimum atomic E-state index is -3.14. The number of nitrogens with one attached hydrogen (secondary N) is 1. The summed E-state index contributed by atoms with van der Waals surface area (Å²) in [7, 11) is -3.14. The van der Waals surface area contributed by atoms with Gasteiger partial charge in [-0.05, 0) is 32.1 Å². The van der Waals surface area contributed by atoms with Gasteiger partial charge in [0.1, 0.15) is 4.88 Å². The molecule has 6 nitrogen and oxygen atoms in total. The van der Waals surface area contributed by atoms with E-state index in [0.29, 0.717) is 24.5 Å². The predicted octanol–water partition coefficient (Wildman–Crippen LogP) is 1.42. The van der Waals surface area contributed by atoms with Crippen molar-refractivity contribution in [2.75, 3.05) is 25.9 Å². The van der Waals surface area contributed by atoms with E-state index in [2.05, 4.69) is 10.3 Å². The van der Waals surface area contributed by atoms with Crippen LogP contribution in [-0.2, 0) is 16.4 Å². The van der Waals surface area contributed by atoms with Crippen LogP contribution in [-0.4, -0.2) is 49.5 Å². The van der Waals surface area contributed by atoms with Crippen molar-refractivity contribution < 1.29 is 13.2 Å². The van der Waals surface area contributed by atoms with Crippen LogP contribution in [0.5, 0.6) is 0 Å². The van der Waals surface area contributed by atoms with E-state index in [1.807, 2.05) is 13.8 Å². The molecule has 1 aromatic rings. The molecular weight excluding hydrogens is 322 g/mol. The van der Waals surface area contributed by atoms with Gasteiger partial charge in [0.05, 0.1) is 17.0 Å². The molecule has 1 amide bonds. The first kappa shape index (κ1) is 17.4. The van der Waals surface area contributed by atoms with E-state index in [0.717, 1.165) is 30.0 Å². The zero-order valence-electron chi connectivity index (χ0n) is 13.3. The molecule has 124 valence electrons. The van der Waals surface area contributed by atoms with Crippen LogP contribution in [0.25, 0.3) is 0 Å². The van der Waals surface area contributed by atoms with E-state index < -0.39 is 10.0 Å². The van der Waals surface area contributed by atoms with Gasteiger partial charge in [-0.3, -0.25) is 4.79 Å². The maximum atomic E-state index is 12.2. The first-order valence-corrected chi connectivity index (χ1v) is 10.2. The van der Waals surface area contributed by atoms with Crippen molar-refractivity contribution in [3.05, 3.63) is 15.6 Å². The number of amides is 1. The molecular formula is C14H23N3O3S2. The zero-order valence-corrected chi connectivity index (χ0v) is 14.9. The fraction of sp³-hybridized carbons (Fsp3) is 0.714. The molecule has 0 saturated carbocycles. The number of thiazole rings is 1. The van der Waals surface area contributed by atoms with Crippen molar-refractivity contribution in [2.24, 2.45) is 5.92 Å². The van der Waals surface area contributed by atoms with E-state index >= 15 is 0 Å². The first-order valence-electron chi connectivity index (χ1n) is 7.51. The van der Waals surface area contributed by atoms with Gasteiger partial charge in [0, 0.05) is 19.6 Å². The maximum Gasteiger partial charge on any atom is 0.263 e. The van der Waals surface area contributed by atoms with Crippen LogP contribution in [0.2, 0.25) is 0 Å². The number of hydrogen-bond donors (Lipinski definition) is 1. The van der Waals surface area contributed by atoms with Crippen LogP contribution < -0.4 is 5.32 Å². The molecule has 1 aromatic heterocycles. The normalized spacial score (nSPS) is 20.0. The number of carbonyl (C=O) groups excluding carboxylic acids is 1. The van der Waals surface area contributed by atoms with Crippen molar-refractivity contribution in [3.8, 4) is 0 Å². The number of sulfonamides is 1. The summed E-state index contributed by atoms with van der Waals surface area (Å²) in [4.78, 5) is 17.3. The number of nitrogens with zero attached hydrogens (tertiary/aromatic N) is 2. The minimum absolute atomic E-state index is 0.105. The number of rotatable bonds is 5.